The standard InChI is InChI=1S/C12H20N2O2S/c1-9(2)14(4)17(15,16)12-7-5-6-11(8-13)10(12)3/h5-7,9H,8,13H2,1-4H3. The zero-order chi connectivity index (χ0) is 13.2. The van der Waals surface area contributed by atoms with Gasteiger partial charge in [-0.25, -0.2) is 8.42 Å². The van der Waals surface area contributed by atoms with Crippen LogP contribution in [0.25, 0.3) is 0 Å². The molecule has 5 heteroatoms. The number of nitrogens with two attached hydrogens (primary N) is 1. The molecule has 0 saturated heterocycles. The van der Waals surface area contributed by atoms with E-state index >= 15 is 0 Å². The van der Waals surface area contributed by atoms with Gasteiger partial charge >= 0.3 is 0 Å². The summed E-state index contributed by atoms with van der Waals surface area (Å²) in [5, 5.41) is 0. The van der Waals surface area contributed by atoms with Gasteiger partial charge in [-0.1, -0.05) is 12.1 Å². The number of nitrogens with zero attached hydrogens (tertiary/aromatic N) is 1. The van der Waals surface area contributed by atoms with E-state index in [9.17, 15) is 8.42 Å². The third-order valence-electron chi connectivity index (χ3n) is 3.00. The van der Waals surface area contributed by atoms with Crippen molar-refractivity contribution in [1.29, 1.82) is 0 Å². The van der Waals surface area contributed by atoms with Gasteiger partial charge < -0.3 is 5.73 Å². The summed E-state index contributed by atoms with van der Waals surface area (Å²) in [5.74, 6) is 0. The van der Waals surface area contributed by atoms with Crippen LogP contribution in [0, 0.1) is 6.92 Å². The first kappa shape index (κ1) is 14.2. The van der Waals surface area contributed by atoms with Gasteiger partial charge in [0, 0.05) is 19.6 Å². The van der Waals surface area contributed by atoms with Crippen LogP contribution in [0.3, 0.4) is 0 Å². The molecule has 0 bridgehead atoms. The van der Waals surface area contributed by atoms with Gasteiger partial charge in [-0.15, -0.1) is 0 Å². The number of rotatable bonds is 4. The van der Waals surface area contributed by atoms with Crippen LogP contribution in [-0.2, 0) is 16.6 Å². The van der Waals surface area contributed by atoms with E-state index < -0.39 is 10.0 Å². The van der Waals surface area contributed by atoms with Crippen LogP contribution >= 0.6 is 0 Å². The summed E-state index contributed by atoms with van der Waals surface area (Å²) in [4.78, 5) is 0.344. The van der Waals surface area contributed by atoms with Crippen molar-refractivity contribution in [2.45, 2.75) is 38.3 Å². The first-order valence-electron chi connectivity index (χ1n) is 5.59. The fourth-order valence-electron chi connectivity index (χ4n) is 1.59. The maximum Gasteiger partial charge on any atom is 0.243 e. The highest BCUT2D eigenvalue weighted by atomic mass is 32.2. The monoisotopic (exact) mass is 256 g/mol. The molecule has 0 spiro atoms. The van der Waals surface area contributed by atoms with Gasteiger partial charge in [0.1, 0.15) is 0 Å². The average molecular weight is 256 g/mol. The lowest BCUT2D eigenvalue weighted by Crippen LogP contribution is -2.33. The van der Waals surface area contributed by atoms with Crippen LogP contribution < -0.4 is 5.73 Å². The van der Waals surface area contributed by atoms with Gasteiger partial charge in [-0.05, 0) is 38.0 Å². The van der Waals surface area contributed by atoms with Crippen molar-refractivity contribution in [3.8, 4) is 0 Å². The first-order chi connectivity index (χ1) is 7.82. The van der Waals surface area contributed by atoms with E-state index in [0.29, 0.717) is 11.4 Å². The average Bonchev–Trinajstić information content (AvgIpc) is 2.27. The molecule has 0 unspecified atom stereocenters. The molecule has 4 nitrogen and oxygen atoms in total. The first-order valence-corrected chi connectivity index (χ1v) is 7.03. The maximum absolute atomic E-state index is 12.3. The molecule has 0 heterocycles. The Bertz CT molecular complexity index is 495. The molecule has 17 heavy (non-hydrogen) atoms. The molecule has 0 aromatic heterocycles. The molecule has 1 rings (SSSR count). The predicted molar refractivity (Wildman–Crippen MR) is 69.2 cm³/mol. The summed E-state index contributed by atoms with van der Waals surface area (Å²) < 4.78 is 26.1. The Morgan fingerprint density at radius 2 is 1.94 bits per heavy atom. The third kappa shape index (κ3) is 2.68. The summed E-state index contributed by atoms with van der Waals surface area (Å²) in [7, 11) is -1.83. The van der Waals surface area contributed by atoms with Crippen LogP contribution in [0.5, 0.6) is 0 Å². The number of sulfonamides is 1. The number of benzene rings is 1. The molecule has 1 aromatic rings. The van der Waals surface area contributed by atoms with E-state index in [1.54, 1.807) is 26.1 Å². The van der Waals surface area contributed by atoms with Crippen molar-refractivity contribution in [3.63, 3.8) is 0 Å². The van der Waals surface area contributed by atoms with E-state index in [0.717, 1.165) is 11.1 Å². The van der Waals surface area contributed by atoms with Crippen LogP contribution in [0.4, 0.5) is 0 Å². The van der Waals surface area contributed by atoms with Gasteiger partial charge in [0.25, 0.3) is 0 Å². The number of hydrogen-bond acceptors (Lipinski definition) is 3. The zero-order valence-electron chi connectivity index (χ0n) is 10.8. The Labute approximate surface area is 103 Å². The molecule has 0 atom stereocenters. The third-order valence-corrected chi connectivity index (χ3v) is 5.18. The Morgan fingerprint density at radius 3 is 2.41 bits per heavy atom. The highest BCUT2D eigenvalue weighted by molar-refractivity contribution is 7.89. The lowest BCUT2D eigenvalue weighted by atomic mass is 10.1. The SMILES string of the molecule is Cc1c(CN)cccc1S(=O)(=O)N(C)C(C)C. The van der Waals surface area contributed by atoms with Crippen molar-refractivity contribution in [1.82, 2.24) is 4.31 Å². The minimum absolute atomic E-state index is 0.0686. The Morgan fingerprint density at radius 1 is 1.35 bits per heavy atom. The molecule has 1 aromatic carbocycles. The molecular weight excluding hydrogens is 236 g/mol. The predicted octanol–water partition coefficient (Wildman–Crippen LogP) is 1.48. The topological polar surface area (TPSA) is 63.4 Å². The van der Waals surface area contributed by atoms with Crippen molar-refractivity contribution in [2.24, 2.45) is 5.73 Å². The fourth-order valence-corrected chi connectivity index (χ4v) is 3.23. The molecule has 0 saturated carbocycles. The molecular formula is C12H20N2O2S. The summed E-state index contributed by atoms with van der Waals surface area (Å²) in [6.07, 6.45) is 0. The van der Waals surface area contributed by atoms with Gasteiger partial charge in [-0.2, -0.15) is 4.31 Å². The summed E-state index contributed by atoms with van der Waals surface area (Å²) in [6, 6.07) is 5.14. The van der Waals surface area contributed by atoms with Crippen LogP contribution in [0.15, 0.2) is 23.1 Å². The molecule has 96 valence electrons. The zero-order valence-corrected chi connectivity index (χ0v) is 11.6. The minimum atomic E-state index is -3.42. The molecule has 0 radical (unpaired) electrons. The van der Waals surface area contributed by atoms with Crippen molar-refractivity contribution in [3.05, 3.63) is 29.3 Å². The van der Waals surface area contributed by atoms with Crippen molar-refractivity contribution >= 4 is 10.0 Å². The van der Waals surface area contributed by atoms with Gasteiger partial charge in [0.2, 0.25) is 10.0 Å². The van der Waals surface area contributed by atoms with Crippen molar-refractivity contribution in [2.75, 3.05) is 7.05 Å². The van der Waals surface area contributed by atoms with E-state index in [-0.39, 0.29) is 6.04 Å². The lowest BCUT2D eigenvalue weighted by molar-refractivity contribution is 0.410. The van der Waals surface area contributed by atoms with Crippen LogP contribution in [0.1, 0.15) is 25.0 Å². The summed E-state index contributed by atoms with van der Waals surface area (Å²) in [6.45, 7) is 5.84. The smallest absolute Gasteiger partial charge is 0.243 e. The van der Waals surface area contributed by atoms with Gasteiger partial charge in [0.05, 0.1) is 4.90 Å². The van der Waals surface area contributed by atoms with Gasteiger partial charge in [0.15, 0.2) is 0 Å². The molecule has 0 aliphatic carbocycles. The Kier molecular flexibility index (Phi) is 4.30. The summed E-state index contributed by atoms with van der Waals surface area (Å²) >= 11 is 0. The molecule has 0 fully saturated rings. The second-order valence-electron chi connectivity index (χ2n) is 4.36. The summed E-state index contributed by atoms with van der Waals surface area (Å²) in [5.41, 5.74) is 7.19. The molecule has 0 amide bonds. The second-order valence-corrected chi connectivity index (χ2v) is 6.33. The lowest BCUT2D eigenvalue weighted by Gasteiger charge is -2.22. The second kappa shape index (κ2) is 5.16. The highest BCUT2D eigenvalue weighted by Gasteiger charge is 2.25. The fraction of sp³-hybridized carbons (Fsp3) is 0.500. The quantitative estimate of drug-likeness (QED) is 0.887. The molecule has 2 N–H and O–H groups in total. The normalized spacial score (nSPS) is 12.4. The molecule has 0 aliphatic heterocycles. The number of hydrogen-bond donors (Lipinski definition) is 1. The maximum atomic E-state index is 12.3. The Balaban J connectivity index is 3.34. The van der Waals surface area contributed by atoms with Crippen molar-refractivity contribution < 1.29 is 8.42 Å². The van der Waals surface area contributed by atoms with Crippen LogP contribution in [0.2, 0.25) is 0 Å². The van der Waals surface area contributed by atoms with Gasteiger partial charge in [-0.3, -0.25) is 0 Å². The highest BCUT2D eigenvalue weighted by Crippen LogP contribution is 2.22. The van der Waals surface area contributed by atoms with E-state index in [1.165, 1.54) is 4.31 Å². The van der Waals surface area contributed by atoms with E-state index in [1.807, 2.05) is 19.9 Å². The van der Waals surface area contributed by atoms with E-state index in [4.69, 9.17) is 5.73 Å². The molecule has 0 aliphatic rings. The van der Waals surface area contributed by atoms with Crippen LogP contribution in [-0.4, -0.2) is 25.8 Å². The van der Waals surface area contributed by atoms with E-state index in [2.05, 4.69) is 0 Å². The Hall–Kier alpha value is -0.910. The minimum Gasteiger partial charge on any atom is -0.326 e. The largest absolute Gasteiger partial charge is 0.326 e.